The molecule has 0 saturated heterocycles. The number of aryl methyl sites for hydroxylation is 1. The lowest BCUT2D eigenvalue weighted by atomic mass is 10.1. The number of benzene rings is 2. The second-order valence-corrected chi connectivity index (χ2v) is 8.59. The van der Waals surface area contributed by atoms with Crippen LogP contribution in [0.1, 0.15) is 40.3 Å². The van der Waals surface area contributed by atoms with E-state index in [1.54, 1.807) is 31.2 Å². The van der Waals surface area contributed by atoms with Crippen molar-refractivity contribution in [1.82, 2.24) is 10.4 Å². The van der Waals surface area contributed by atoms with Crippen LogP contribution < -0.4 is 14.9 Å². The van der Waals surface area contributed by atoms with E-state index in [9.17, 15) is 15.2 Å². The lowest BCUT2D eigenvalue weighted by molar-refractivity contribution is 0.0958. The van der Waals surface area contributed by atoms with Gasteiger partial charge in [0, 0.05) is 5.56 Å². The number of carbonyl (C=O) groups is 1. The summed E-state index contributed by atoms with van der Waals surface area (Å²) in [6, 6.07) is 12.2. The van der Waals surface area contributed by atoms with Gasteiger partial charge in [0.1, 0.15) is 21.7 Å². The molecule has 9 heteroatoms. The zero-order valence-electron chi connectivity index (χ0n) is 18.7. The fraction of sp³-hybridized carbons (Fsp3) is 0.250. The maximum atomic E-state index is 12.6. The molecule has 0 bridgehead atoms. The van der Waals surface area contributed by atoms with Crippen molar-refractivity contribution in [3.05, 3.63) is 58.1 Å². The number of hydrogen-bond donors (Lipinski definition) is 2. The number of nitrogens with one attached hydrogen (secondary N) is 1. The predicted molar refractivity (Wildman–Crippen MR) is 127 cm³/mol. The average Bonchev–Trinajstić information content (AvgIpc) is 3.20. The second kappa shape index (κ2) is 10.6. The molecule has 0 unspecified atom stereocenters. The van der Waals surface area contributed by atoms with Gasteiger partial charge < -0.3 is 14.6 Å². The number of amides is 1. The topological polar surface area (TPSA) is 117 Å². The van der Waals surface area contributed by atoms with Crippen LogP contribution >= 0.6 is 11.3 Å². The van der Waals surface area contributed by atoms with Gasteiger partial charge >= 0.3 is 0 Å². The molecule has 0 aliphatic heterocycles. The fourth-order valence-corrected chi connectivity index (χ4v) is 3.81. The van der Waals surface area contributed by atoms with Gasteiger partial charge in [-0.15, -0.1) is 11.3 Å². The smallest absolute Gasteiger partial charge is 0.283 e. The van der Waals surface area contributed by atoms with Crippen LogP contribution in [-0.4, -0.2) is 35.9 Å². The van der Waals surface area contributed by atoms with E-state index >= 15 is 0 Å². The highest BCUT2D eigenvalue weighted by atomic mass is 32.1. The van der Waals surface area contributed by atoms with Crippen molar-refractivity contribution in [3.63, 3.8) is 0 Å². The Hall–Kier alpha value is -3.90. The zero-order valence-corrected chi connectivity index (χ0v) is 19.6. The summed E-state index contributed by atoms with van der Waals surface area (Å²) in [6.07, 6.45) is 1.45. The van der Waals surface area contributed by atoms with Gasteiger partial charge in [-0.2, -0.15) is 10.4 Å². The molecule has 0 spiro atoms. The quantitative estimate of drug-likeness (QED) is 0.374. The molecule has 3 aromatic rings. The highest BCUT2D eigenvalue weighted by Gasteiger charge is 2.17. The minimum absolute atomic E-state index is 0.0190. The second-order valence-electron chi connectivity index (χ2n) is 7.59. The standard InChI is InChI=1S/C24H24N4O4S/c1-14(2)13-32-20-8-6-17(10-18(20)11-25)24-27-15(3)22(33-24)23(30)28-26-12-16-5-7-19(29)21(9-16)31-4/h5-10,12,14,29H,13H2,1-4H3,(H,28,30)/b26-12+. The van der Waals surface area contributed by atoms with Crippen LogP contribution in [0.25, 0.3) is 10.6 Å². The lowest BCUT2D eigenvalue weighted by Crippen LogP contribution is -2.17. The molecule has 2 aromatic carbocycles. The number of nitrogens with zero attached hydrogens (tertiary/aromatic N) is 3. The first-order valence-electron chi connectivity index (χ1n) is 10.2. The third kappa shape index (κ3) is 5.87. The maximum Gasteiger partial charge on any atom is 0.283 e. The molecular weight excluding hydrogens is 440 g/mol. The molecule has 0 radical (unpaired) electrons. The number of aromatic hydroxyl groups is 1. The summed E-state index contributed by atoms with van der Waals surface area (Å²) in [6.45, 7) is 6.34. The molecule has 1 aromatic heterocycles. The summed E-state index contributed by atoms with van der Waals surface area (Å²) >= 11 is 1.22. The third-order valence-electron chi connectivity index (χ3n) is 4.51. The first-order chi connectivity index (χ1) is 15.8. The van der Waals surface area contributed by atoms with Gasteiger partial charge in [-0.1, -0.05) is 13.8 Å². The van der Waals surface area contributed by atoms with Crippen LogP contribution in [0.3, 0.4) is 0 Å². The minimum atomic E-state index is -0.393. The van der Waals surface area contributed by atoms with E-state index in [2.05, 4.69) is 21.6 Å². The Morgan fingerprint density at radius 2 is 2.09 bits per heavy atom. The number of methoxy groups -OCH3 is 1. The summed E-state index contributed by atoms with van der Waals surface area (Å²) in [4.78, 5) is 17.5. The monoisotopic (exact) mass is 464 g/mol. The summed E-state index contributed by atoms with van der Waals surface area (Å²) in [5.41, 5.74) is 4.85. The summed E-state index contributed by atoms with van der Waals surface area (Å²) < 4.78 is 10.8. The van der Waals surface area contributed by atoms with E-state index < -0.39 is 5.91 Å². The fourth-order valence-electron chi connectivity index (χ4n) is 2.85. The summed E-state index contributed by atoms with van der Waals surface area (Å²) in [5.74, 6) is 0.811. The molecular formula is C24H24N4O4S. The molecule has 33 heavy (non-hydrogen) atoms. The van der Waals surface area contributed by atoms with E-state index in [0.717, 1.165) is 5.56 Å². The van der Waals surface area contributed by atoms with Gasteiger partial charge in [-0.05, 0) is 54.8 Å². The van der Waals surface area contributed by atoms with Gasteiger partial charge in [0.15, 0.2) is 11.5 Å². The number of phenolic OH excluding ortho intramolecular Hbond substituents is 1. The Morgan fingerprint density at radius 3 is 2.79 bits per heavy atom. The maximum absolute atomic E-state index is 12.6. The van der Waals surface area contributed by atoms with Gasteiger partial charge in [0.2, 0.25) is 0 Å². The van der Waals surface area contributed by atoms with E-state index in [-0.39, 0.29) is 5.75 Å². The number of ether oxygens (including phenoxy) is 2. The number of hydrazone groups is 1. The number of aromatic nitrogens is 1. The van der Waals surface area contributed by atoms with Gasteiger partial charge in [-0.3, -0.25) is 4.79 Å². The Bertz CT molecular complexity index is 1230. The van der Waals surface area contributed by atoms with Crippen LogP contribution in [-0.2, 0) is 0 Å². The van der Waals surface area contributed by atoms with E-state index in [1.807, 2.05) is 19.9 Å². The highest BCUT2D eigenvalue weighted by molar-refractivity contribution is 7.17. The number of rotatable bonds is 8. The first kappa shape index (κ1) is 23.8. The van der Waals surface area contributed by atoms with Crippen molar-refractivity contribution in [2.45, 2.75) is 20.8 Å². The van der Waals surface area contributed by atoms with Crippen molar-refractivity contribution >= 4 is 23.5 Å². The number of nitriles is 1. The van der Waals surface area contributed by atoms with E-state index in [4.69, 9.17) is 9.47 Å². The summed E-state index contributed by atoms with van der Waals surface area (Å²) in [7, 11) is 1.45. The largest absolute Gasteiger partial charge is 0.504 e. The van der Waals surface area contributed by atoms with Gasteiger partial charge in [0.25, 0.3) is 5.91 Å². The number of thiazole rings is 1. The Kier molecular flexibility index (Phi) is 7.64. The van der Waals surface area contributed by atoms with Crippen LogP contribution in [0, 0.1) is 24.2 Å². The molecule has 3 rings (SSSR count). The number of hydrogen-bond acceptors (Lipinski definition) is 8. The Morgan fingerprint density at radius 1 is 1.30 bits per heavy atom. The Labute approximate surface area is 196 Å². The van der Waals surface area contributed by atoms with Crippen LogP contribution in [0.2, 0.25) is 0 Å². The van der Waals surface area contributed by atoms with Crippen molar-refractivity contribution in [3.8, 4) is 33.9 Å². The third-order valence-corrected chi connectivity index (χ3v) is 5.71. The molecule has 0 saturated carbocycles. The average molecular weight is 465 g/mol. The predicted octanol–water partition coefficient (Wildman–Crippen LogP) is 4.50. The summed E-state index contributed by atoms with van der Waals surface area (Å²) in [5, 5.41) is 23.7. The number of carbonyl (C=O) groups excluding carboxylic acids is 1. The van der Waals surface area contributed by atoms with Crippen molar-refractivity contribution in [2.24, 2.45) is 11.0 Å². The zero-order chi connectivity index (χ0) is 24.0. The minimum Gasteiger partial charge on any atom is -0.504 e. The van der Waals surface area contributed by atoms with Crippen molar-refractivity contribution in [2.75, 3.05) is 13.7 Å². The molecule has 0 aliphatic carbocycles. The molecule has 2 N–H and O–H groups in total. The molecule has 1 heterocycles. The molecule has 1 amide bonds. The SMILES string of the molecule is COc1cc(/C=N/NC(=O)c2sc(-c3ccc(OCC(C)C)c(C#N)c3)nc2C)ccc1O. The lowest BCUT2D eigenvalue weighted by Gasteiger charge is -2.10. The first-order valence-corrected chi connectivity index (χ1v) is 11.0. The van der Waals surface area contributed by atoms with Crippen molar-refractivity contribution in [1.29, 1.82) is 5.26 Å². The Balaban J connectivity index is 1.74. The molecule has 0 atom stereocenters. The van der Waals surface area contributed by atoms with E-state index in [0.29, 0.717) is 50.7 Å². The molecule has 8 nitrogen and oxygen atoms in total. The highest BCUT2D eigenvalue weighted by Crippen LogP contribution is 2.31. The molecule has 0 aliphatic rings. The van der Waals surface area contributed by atoms with Crippen LogP contribution in [0.15, 0.2) is 41.5 Å². The van der Waals surface area contributed by atoms with Crippen molar-refractivity contribution < 1.29 is 19.4 Å². The number of phenols is 1. The molecule has 170 valence electrons. The van der Waals surface area contributed by atoms with Gasteiger partial charge in [-0.25, -0.2) is 10.4 Å². The molecule has 0 fully saturated rings. The van der Waals surface area contributed by atoms with Gasteiger partial charge in [0.05, 0.1) is 31.2 Å². The normalized spacial score (nSPS) is 10.9. The van der Waals surface area contributed by atoms with E-state index in [1.165, 1.54) is 30.7 Å². The van der Waals surface area contributed by atoms with Crippen LogP contribution in [0.5, 0.6) is 17.2 Å². The van der Waals surface area contributed by atoms with Crippen LogP contribution in [0.4, 0.5) is 0 Å².